The maximum atomic E-state index is 13.6. The van der Waals surface area contributed by atoms with E-state index in [1.54, 1.807) is 6.92 Å². The van der Waals surface area contributed by atoms with Crippen LogP contribution in [0.1, 0.15) is 31.2 Å². The highest BCUT2D eigenvalue weighted by atomic mass is 32.2. The van der Waals surface area contributed by atoms with E-state index >= 15 is 0 Å². The van der Waals surface area contributed by atoms with Crippen molar-refractivity contribution >= 4 is 10.0 Å². The van der Waals surface area contributed by atoms with Gasteiger partial charge in [0.1, 0.15) is 5.82 Å². The minimum Gasteiger partial charge on any atom is -0.396 e. The molecular weight excluding hydrogens is 281 g/mol. The van der Waals surface area contributed by atoms with Gasteiger partial charge >= 0.3 is 0 Å². The molecule has 1 aliphatic rings. The number of nitrogens with zero attached hydrogens (tertiary/aromatic N) is 1. The zero-order chi connectivity index (χ0) is 14.8. The third kappa shape index (κ3) is 3.02. The molecule has 0 saturated carbocycles. The highest BCUT2D eigenvalue weighted by Gasteiger charge is 2.34. The Labute approximate surface area is 119 Å². The zero-order valence-corrected chi connectivity index (χ0v) is 12.4. The number of hydrogen-bond acceptors (Lipinski definition) is 3. The van der Waals surface area contributed by atoms with Crippen molar-refractivity contribution in [3.8, 4) is 0 Å². The molecule has 1 atom stereocenters. The Bertz CT molecular complexity index is 574. The van der Waals surface area contributed by atoms with E-state index in [0.717, 1.165) is 18.9 Å². The molecule has 0 radical (unpaired) electrons. The molecule has 0 amide bonds. The van der Waals surface area contributed by atoms with Crippen molar-refractivity contribution in [1.29, 1.82) is 0 Å². The lowest BCUT2D eigenvalue weighted by molar-refractivity contribution is 0.264. The molecular formula is C14H20FNO3S. The Kier molecular flexibility index (Phi) is 4.78. The van der Waals surface area contributed by atoms with Crippen molar-refractivity contribution in [3.63, 3.8) is 0 Å². The summed E-state index contributed by atoms with van der Waals surface area (Å²) in [5, 5.41) is 8.88. The molecule has 1 aromatic carbocycles. The molecule has 1 aromatic rings. The quantitative estimate of drug-likeness (QED) is 0.905. The second-order valence-electron chi connectivity index (χ2n) is 5.19. The van der Waals surface area contributed by atoms with Crippen molar-refractivity contribution in [2.75, 3.05) is 13.2 Å². The first-order valence-electron chi connectivity index (χ1n) is 6.85. The fourth-order valence-electron chi connectivity index (χ4n) is 2.61. The molecule has 4 nitrogen and oxygen atoms in total. The first-order chi connectivity index (χ1) is 9.46. The molecule has 0 bridgehead atoms. The van der Waals surface area contributed by atoms with Crippen molar-refractivity contribution in [1.82, 2.24) is 4.31 Å². The summed E-state index contributed by atoms with van der Waals surface area (Å²) in [5.74, 6) is -0.503. The number of aliphatic hydroxyl groups is 1. The standard InChI is InChI=1S/C14H20FNO3S/c1-11-6-7-13(10-14(11)15)20(18,19)16-8-2-4-12(16)5-3-9-17/h6-7,10,12,17H,2-5,8-9H2,1H3. The molecule has 1 fully saturated rings. The Morgan fingerprint density at radius 1 is 1.45 bits per heavy atom. The lowest BCUT2D eigenvalue weighted by atomic mass is 10.1. The normalized spacial score (nSPS) is 20.4. The Hall–Kier alpha value is -0.980. The second-order valence-corrected chi connectivity index (χ2v) is 7.08. The number of hydrogen-bond donors (Lipinski definition) is 1. The summed E-state index contributed by atoms with van der Waals surface area (Å²) in [6.45, 7) is 2.13. The predicted molar refractivity (Wildman–Crippen MR) is 74.4 cm³/mol. The summed E-state index contributed by atoms with van der Waals surface area (Å²) >= 11 is 0. The average molecular weight is 301 g/mol. The molecule has 1 unspecified atom stereocenters. The molecule has 0 spiro atoms. The summed E-state index contributed by atoms with van der Waals surface area (Å²) < 4.78 is 40.2. The van der Waals surface area contributed by atoms with Crippen LogP contribution in [-0.4, -0.2) is 37.0 Å². The third-order valence-corrected chi connectivity index (χ3v) is 5.72. The van der Waals surface area contributed by atoms with E-state index in [4.69, 9.17) is 5.11 Å². The summed E-state index contributed by atoms with van der Waals surface area (Å²) in [4.78, 5) is 0.0106. The molecule has 1 N–H and O–H groups in total. The van der Waals surface area contributed by atoms with E-state index in [1.807, 2.05) is 0 Å². The van der Waals surface area contributed by atoms with E-state index in [9.17, 15) is 12.8 Å². The predicted octanol–water partition coefficient (Wildman–Crippen LogP) is 2.06. The maximum absolute atomic E-state index is 13.6. The molecule has 1 heterocycles. The smallest absolute Gasteiger partial charge is 0.243 e. The van der Waals surface area contributed by atoms with Crippen LogP contribution in [0.15, 0.2) is 23.1 Å². The Morgan fingerprint density at radius 3 is 2.85 bits per heavy atom. The van der Waals surface area contributed by atoms with Crippen LogP contribution in [0.2, 0.25) is 0 Å². The molecule has 6 heteroatoms. The monoisotopic (exact) mass is 301 g/mol. The molecule has 20 heavy (non-hydrogen) atoms. The molecule has 2 rings (SSSR count). The van der Waals surface area contributed by atoms with Crippen LogP contribution in [-0.2, 0) is 10.0 Å². The number of benzene rings is 1. The fraction of sp³-hybridized carbons (Fsp3) is 0.571. The van der Waals surface area contributed by atoms with Crippen molar-refractivity contribution in [2.45, 2.75) is 43.5 Å². The average Bonchev–Trinajstić information content (AvgIpc) is 2.88. The number of rotatable bonds is 5. The Morgan fingerprint density at radius 2 is 2.20 bits per heavy atom. The largest absolute Gasteiger partial charge is 0.396 e. The molecule has 1 aliphatic heterocycles. The van der Waals surface area contributed by atoms with E-state index in [1.165, 1.54) is 16.4 Å². The summed E-state index contributed by atoms with van der Waals surface area (Å²) in [7, 11) is -3.65. The minimum absolute atomic E-state index is 0.0106. The van der Waals surface area contributed by atoms with Gasteiger partial charge in [0.15, 0.2) is 0 Å². The Balaban J connectivity index is 2.26. The molecule has 0 aromatic heterocycles. The lowest BCUT2D eigenvalue weighted by Crippen LogP contribution is -2.35. The van der Waals surface area contributed by atoms with Gasteiger partial charge in [-0.05, 0) is 50.3 Å². The van der Waals surface area contributed by atoms with Crippen LogP contribution in [0, 0.1) is 12.7 Å². The number of aryl methyl sites for hydroxylation is 1. The minimum atomic E-state index is -3.65. The van der Waals surface area contributed by atoms with Gasteiger partial charge in [-0.1, -0.05) is 6.07 Å². The van der Waals surface area contributed by atoms with Gasteiger partial charge in [0.2, 0.25) is 10.0 Å². The van der Waals surface area contributed by atoms with Gasteiger partial charge < -0.3 is 5.11 Å². The first kappa shape index (κ1) is 15.4. The van der Waals surface area contributed by atoms with E-state index in [-0.39, 0.29) is 17.5 Å². The highest BCUT2D eigenvalue weighted by molar-refractivity contribution is 7.89. The van der Waals surface area contributed by atoms with Crippen molar-refractivity contribution in [3.05, 3.63) is 29.6 Å². The van der Waals surface area contributed by atoms with Gasteiger partial charge in [-0.25, -0.2) is 12.8 Å². The lowest BCUT2D eigenvalue weighted by Gasteiger charge is -2.24. The van der Waals surface area contributed by atoms with Gasteiger partial charge in [0.25, 0.3) is 0 Å². The summed E-state index contributed by atoms with van der Waals surface area (Å²) in [6.07, 6.45) is 2.83. The first-order valence-corrected chi connectivity index (χ1v) is 8.29. The molecule has 1 saturated heterocycles. The number of halogens is 1. The molecule has 112 valence electrons. The van der Waals surface area contributed by atoms with Crippen LogP contribution >= 0.6 is 0 Å². The maximum Gasteiger partial charge on any atom is 0.243 e. The zero-order valence-electron chi connectivity index (χ0n) is 11.5. The van der Waals surface area contributed by atoms with Crippen LogP contribution in [0.4, 0.5) is 4.39 Å². The highest BCUT2D eigenvalue weighted by Crippen LogP contribution is 2.29. The van der Waals surface area contributed by atoms with Crippen LogP contribution in [0.3, 0.4) is 0 Å². The van der Waals surface area contributed by atoms with E-state index < -0.39 is 15.8 Å². The van der Waals surface area contributed by atoms with Gasteiger partial charge in [-0.3, -0.25) is 0 Å². The summed E-state index contributed by atoms with van der Waals surface area (Å²) in [6, 6.07) is 3.94. The topological polar surface area (TPSA) is 57.6 Å². The SMILES string of the molecule is Cc1ccc(S(=O)(=O)N2CCCC2CCCO)cc1F. The van der Waals surface area contributed by atoms with Crippen LogP contribution in [0.5, 0.6) is 0 Å². The van der Waals surface area contributed by atoms with Crippen LogP contribution < -0.4 is 0 Å². The van der Waals surface area contributed by atoms with Crippen LogP contribution in [0.25, 0.3) is 0 Å². The fourth-order valence-corrected chi connectivity index (χ4v) is 4.35. The second kappa shape index (κ2) is 6.20. The molecule has 0 aliphatic carbocycles. The number of aliphatic hydroxyl groups excluding tert-OH is 1. The van der Waals surface area contributed by atoms with E-state index in [2.05, 4.69) is 0 Å². The van der Waals surface area contributed by atoms with Gasteiger partial charge in [-0.2, -0.15) is 4.31 Å². The summed E-state index contributed by atoms with van der Waals surface area (Å²) in [5.41, 5.74) is 0.433. The van der Waals surface area contributed by atoms with Crippen molar-refractivity contribution in [2.24, 2.45) is 0 Å². The number of sulfonamides is 1. The van der Waals surface area contributed by atoms with Gasteiger partial charge in [0, 0.05) is 19.2 Å². The van der Waals surface area contributed by atoms with Crippen molar-refractivity contribution < 1.29 is 17.9 Å². The third-order valence-electron chi connectivity index (χ3n) is 3.77. The van der Waals surface area contributed by atoms with Gasteiger partial charge in [0.05, 0.1) is 4.90 Å². The van der Waals surface area contributed by atoms with E-state index in [0.29, 0.717) is 24.9 Å². The van der Waals surface area contributed by atoms with Gasteiger partial charge in [-0.15, -0.1) is 0 Å².